The molecule has 0 fully saturated rings. The molecule has 0 bridgehead atoms. The minimum absolute atomic E-state index is 0.0739. The van der Waals surface area contributed by atoms with Gasteiger partial charge in [0.2, 0.25) is 0 Å². The Kier molecular flexibility index (Phi) is 3.15. The summed E-state index contributed by atoms with van der Waals surface area (Å²) in [4.78, 5) is 19.8. The van der Waals surface area contributed by atoms with Crippen LogP contribution in [-0.2, 0) is 0 Å². The molecule has 1 rings (SSSR count). The third kappa shape index (κ3) is 2.01. The molecule has 0 aliphatic rings. The Bertz CT molecular complexity index is 458. The summed E-state index contributed by atoms with van der Waals surface area (Å²) < 4.78 is 0.0739. The molecule has 6 nitrogen and oxygen atoms in total. The highest BCUT2D eigenvalue weighted by Crippen LogP contribution is 2.37. The second-order valence-corrected chi connectivity index (χ2v) is 3.41. The third-order valence-corrected chi connectivity index (χ3v) is 2.36. The minimum atomic E-state index is -0.796. The molecule has 0 aliphatic carbocycles. The zero-order chi connectivity index (χ0) is 11.6. The zero-order valence-corrected chi connectivity index (χ0v) is 8.93. The highest BCUT2D eigenvalue weighted by atomic mass is 79.9. The van der Waals surface area contributed by atoms with E-state index in [1.54, 1.807) is 0 Å². The number of hydrogen-bond acceptors (Lipinski definition) is 4. The van der Waals surface area contributed by atoms with Crippen LogP contribution in [0.3, 0.4) is 0 Å². The first kappa shape index (κ1) is 11.3. The lowest BCUT2D eigenvalue weighted by atomic mass is 10.1. The SMILES string of the molecule is C=Cc1ccc(Br)c([N+](=O)[O-])c1[N+](=O)[O-]. The molecule has 78 valence electrons. The van der Waals surface area contributed by atoms with Gasteiger partial charge in [-0.3, -0.25) is 20.2 Å². The van der Waals surface area contributed by atoms with Crippen LogP contribution in [0, 0.1) is 20.2 Å². The van der Waals surface area contributed by atoms with E-state index in [-0.39, 0.29) is 10.0 Å². The van der Waals surface area contributed by atoms with Gasteiger partial charge in [0, 0.05) is 0 Å². The van der Waals surface area contributed by atoms with E-state index in [0.717, 1.165) is 0 Å². The summed E-state index contributed by atoms with van der Waals surface area (Å²) in [6, 6.07) is 2.77. The van der Waals surface area contributed by atoms with Crippen LogP contribution in [0.25, 0.3) is 6.08 Å². The molecular formula is C8H5BrN2O4. The third-order valence-electron chi connectivity index (χ3n) is 1.72. The van der Waals surface area contributed by atoms with E-state index in [4.69, 9.17) is 0 Å². The lowest BCUT2D eigenvalue weighted by Gasteiger charge is -2.00. The number of rotatable bonds is 3. The van der Waals surface area contributed by atoms with Crippen LogP contribution in [0.15, 0.2) is 23.2 Å². The molecule has 0 amide bonds. The molecular weight excluding hydrogens is 268 g/mol. The highest BCUT2D eigenvalue weighted by molar-refractivity contribution is 9.10. The molecule has 15 heavy (non-hydrogen) atoms. The smallest absolute Gasteiger partial charge is 0.258 e. The number of benzene rings is 1. The van der Waals surface area contributed by atoms with Crippen LogP contribution in [0.2, 0.25) is 0 Å². The summed E-state index contributed by atoms with van der Waals surface area (Å²) in [6.07, 6.45) is 1.21. The Hall–Kier alpha value is -1.76. The van der Waals surface area contributed by atoms with Crippen molar-refractivity contribution in [1.82, 2.24) is 0 Å². The molecule has 0 spiro atoms. The van der Waals surface area contributed by atoms with Crippen LogP contribution in [-0.4, -0.2) is 9.85 Å². The molecule has 0 unspecified atom stereocenters. The maximum Gasteiger partial charge on any atom is 0.360 e. The monoisotopic (exact) mass is 272 g/mol. The molecule has 0 aromatic heterocycles. The first-order valence-electron chi connectivity index (χ1n) is 3.72. The Labute approximate surface area is 92.6 Å². The van der Waals surface area contributed by atoms with Crippen LogP contribution in [0.1, 0.15) is 5.56 Å². The van der Waals surface area contributed by atoms with E-state index in [2.05, 4.69) is 22.5 Å². The predicted molar refractivity (Wildman–Crippen MR) is 57.5 cm³/mol. The van der Waals surface area contributed by atoms with Gasteiger partial charge in [0.25, 0.3) is 0 Å². The molecule has 1 aromatic carbocycles. The van der Waals surface area contributed by atoms with E-state index < -0.39 is 21.2 Å². The van der Waals surface area contributed by atoms with Crippen molar-refractivity contribution in [3.8, 4) is 0 Å². The number of nitro benzene ring substituents is 2. The lowest BCUT2D eigenvalue weighted by Crippen LogP contribution is -1.99. The van der Waals surface area contributed by atoms with Crippen molar-refractivity contribution in [2.75, 3.05) is 0 Å². The van der Waals surface area contributed by atoms with Gasteiger partial charge in [-0.15, -0.1) is 0 Å². The zero-order valence-electron chi connectivity index (χ0n) is 7.34. The van der Waals surface area contributed by atoms with Crippen molar-refractivity contribution in [1.29, 1.82) is 0 Å². The van der Waals surface area contributed by atoms with Gasteiger partial charge in [-0.1, -0.05) is 12.7 Å². The van der Waals surface area contributed by atoms with Crippen LogP contribution >= 0.6 is 15.9 Å². The average molecular weight is 273 g/mol. The molecule has 0 saturated heterocycles. The van der Waals surface area contributed by atoms with Gasteiger partial charge in [-0.25, -0.2) is 0 Å². The number of halogens is 1. The normalized spacial score (nSPS) is 9.67. The van der Waals surface area contributed by atoms with E-state index in [1.165, 1.54) is 18.2 Å². The van der Waals surface area contributed by atoms with E-state index in [9.17, 15) is 20.2 Å². The summed E-state index contributed by atoms with van der Waals surface area (Å²) in [7, 11) is 0. The molecule has 0 aliphatic heterocycles. The fourth-order valence-electron chi connectivity index (χ4n) is 1.10. The maximum absolute atomic E-state index is 10.7. The van der Waals surface area contributed by atoms with Crippen molar-refractivity contribution < 1.29 is 9.85 Å². The standard InChI is InChI=1S/C8H5BrN2O4/c1-2-5-3-4-6(9)8(11(14)15)7(5)10(12)13/h2-4H,1H2. The Balaban J connectivity index is 3.65. The van der Waals surface area contributed by atoms with Crippen molar-refractivity contribution in [2.45, 2.75) is 0 Å². The van der Waals surface area contributed by atoms with Gasteiger partial charge in [-0.2, -0.15) is 0 Å². The minimum Gasteiger partial charge on any atom is -0.258 e. The molecule has 7 heteroatoms. The van der Waals surface area contributed by atoms with Crippen LogP contribution < -0.4 is 0 Å². The van der Waals surface area contributed by atoms with Crippen LogP contribution in [0.4, 0.5) is 11.4 Å². The van der Waals surface area contributed by atoms with Crippen molar-refractivity contribution in [3.05, 3.63) is 49.0 Å². The molecule has 0 heterocycles. The highest BCUT2D eigenvalue weighted by Gasteiger charge is 2.30. The first-order valence-corrected chi connectivity index (χ1v) is 4.52. The van der Waals surface area contributed by atoms with Gasteiger partial charge in [0.1, 0.15) is 4.47 Å². The van der Waals surface area contributed by atoms with Crippen molar-refractivity contribution in [3.63, 3.8) is 0 Å². The number of hydrogen-bond donors (Lipinski definition) is 0. The van der Waals surface area contributed by atoms with Gasteiger partial charge in [0.15, 0.2) is 0 Å². The quantitative estimate of drug-likeness (QED) is 0.625. The Morgan fingerprint density at radius 2 is 1.73 bits per heavy atom. The van der Waals surface area contributed by atoms with Crippen molar-refractivity contribution in [2.24, 2.45) is 0 Å². The summed E-state index contributed by atoms with van der Waals surface area (Å²) in [6.45, 7) is 3.36. The number of nitrogens with zero attached hydrogens (tertiary/aromatic N) is 2. The maximum atomic E-state index is 10.7. The number of nitro groups is 2. The van der Waals surface area contributed by atoms with E-state index in [0.29, 0.717) is 0 Å². The predicted octanol–water partition coefficient (Wildman–Crippen LogP) is 2.91. The van der Waals surface area contributed by atoms with E-state index >= 15 is 0 Å². The molecule has 0 radical (unpaired) electrons. The van der Waals surface area contributed by atoms with Crippen LogP contribution in [0.5, 0.6) is 0 Å². The largest absolute Gasteiger partial charge is 0.360 e. The summed E-state index contributed by atoms with van der Waals surface area (Å²) in [5, 5.41) is 21.3. The molecule has 0 N–H and O–H groups in total. The second-order valence-electron chi connectivity index (χ2n) is 2.55. The van der Waals surface area contributed by atoms with Gasteiger partial charge < -0.3 is 0 Å². The molecule has 0 atom stereocenters. The van der Waals surface area contributed by atoms with Gasteiger partial charge in [-0.05, 0) is 28.1 Å². The van der Waals surface area contributed by atoms with Crippen molar-refractivity contribution >= 4 is 33.4 Å². The Morgan fingerprint density at radius 1 is 1.20 bits per heavy atom. The summed E-state index contributed by atoms with van der Waals surface area (Å²) in [5.41, 5.74) is -0.989. The Morgan fingerprint density at radius 3 is 2.13 bits per heavy atom. The van der Waals surface area contributed by atoms with Gasteiger partial charge in [0.05, 0.1) is 15.4 Å². The molecule has 0 saturated carbocycles. The average Bonchev–Trinajstić information content (AvgIpc) is 2.16. The van der Waals surface area contributed by atoms with Gasteiger partial charge >= 0.3 is 11.4 Å². The summed E-state index contributed by atoms with van der Waals surface area (Å²) in [5.74, 6) is 0. The fourth-order valence-corrected chi connectivity index (χ4v) is 1.57. The molecule has 1 aromatic rings. The fraction of sp³-hybridized carbons (Fsp3) is 0. The topological polar surface area (TPSA) is 86.3 Å². The van der Waals surface area contributed by atoms with E-state index in [1.807, 2.05) is 0 Å². The lowest BCUT2D eigenvalue weighted by molar-refractivity contribution is -0.423. The summed E-state index contributed by atoms with van der Waals surface area (Å²) >= 11 is 2.90. The first-order chi connectivity index (χ1) is 6.99. The second kappa shape index (κ2) is 4.18.